The third kappa shape index (κ3) is 19.2. The molecule has 1 heterocycles. The zero-order valence-electron chi connectivity index (χ0n) is 24.2. The summed E-state index contributed by atoms with van der Waals surface area (Å²) in [5.74, 6) is 0. The van der Waals surface area contributed by atoms with E-state index in [0.29, 0.717) is 6.42 Å². The van der Waals surface area contributed by atoms with Crippen LogP contribution in [0.5, 0.6) is 0 Å². The standard InChI is InChI=1S/C30H56NO4PS/c1-4-6-7-8-9-10-11-12-13-14-15-16-17-18-19-20-21-22-23-24-26-34-36(32,33)35-27-25-30-29(3)31(5-2)28-37-30/h12-13,28H,4-11,14-27H2,1-3H3/b13-12-. The molecule has 0 aliphatic heterocycles. The molecule has 7 heteroatoms. The van der Waals surface area contributed by atoms with Crippen LogP contribution >= 0.6 is 19.2 Å². The summed E-state index contributed by atoms with van der Waals surface area (Å²) in [4.78, 5) is 13.1. The van der Waals surface area contributed by atoms with Gasteiger partial charge < -0.3 is 13.9 Å². The summed E-state index contributed by atoms with van der Waals surface area (Å²) < 4.78 is 24.2. The lowest BCUT2D eigenvalue weighted by molar-refractivity contribution is -0.694. The van der Waals surface area contributed by atoms with Gasteiger partial charge in [0.2, 0.25) is 5.51 Å². The highest BCUT2D eigenvalue weighted by atomic mass is 32.1. The number of hydrogen-bond acceptors (Lipinski definition) is 5. The molecule has 1 rings (SSSR count). The molecule has 0 fully saturated rings. The first kappa shape index (κ1) is 34.5. The second-order valence-corrected chi connectivity index (χ2v) is 12.6. The highest BCUT2D eigenvalue weighted by molar-refractivity contribution is 7.45. The molecule has 1 aromatic heterocycles. The first-order chi connectivity index (χ1) is 18.0. The van der Waals surface area contributed by atoms with Gasteiger partial charge in [0.25, 0.3) is 7.82 Å². The number of aryl methyl sites for hydroxylation is 1. The average Bonchev–Trinajstić information content (AvgIpc) is 3.24. The smallest absolute Gasteiger partial charge is 0.267 e. The molecule has 1 atom stereocenters. The van der Waals surface area contributed by atoms with Gasteiger partial charge in [-0.15, -0.1) is 0 Å². The van der Waals surface area contributed by atoms with Gasteiger partial charge in [0, 0.05) is 13.3 Å². The minimum Gasteiger partial charge on any atom is -0.756 e. The van der Waals surface area contributed by atoms with Crippen molar-refractivity contribution < 1.29 is 23.1 Å². The maximum atomic E-state index is 11.9. The van der Waals surface area contributed by atoms with Crippen molar-refractivity contribution in [3.05, 3.63) is 28.2 Å². The summed E-state index contributed by atoms with van der Waals surface area (Å²) in [7, 11) is -4.20. The molecule has 0 aromatic carbocycles. The van der Waals surface area contributed by atoms with Gasteiger partial charge in [0.1, 0.15) is 6.54 Å². The molecule has 0 radical (unpaired) electrons. The maximum Gasteiger partial charge on any atom is 0.267 e. The van der Waals surface area contributed by atoms with Crippen molar-refractivity contribution in [1.82, 2.24) is 0 Å². The fourth-order valence-corrected chi connectivity index (χ4v) is 6.32. The van der Waals surface area contributed by atoms with Gasteiger partial charge in [-0.3, -0.25) is 4.57 Å². The van der Waals surface area contributed by atoms with E-state index in [0.717, 1.165) is 30.7 Å². The van der Waals surface area contributed by atoms with E-state index in [9.17, 15) is 9.46 Å². The summed E-state index contributed by atoms with van der Waals surface area (Å²) in [6.07, 6.45) is 28.3. The molecular formula is C30H56NO4PS. The van der Waals surface area contributed by atoms with Gasteiger partial charge in [-0.2, -0.15) is 4.57 Å². The van der Waals surface area contributed by atoms with Crippen LogP contribution in [0.15, 0.2) is 17.7 Å². The third-order valence-corrected chi connectivity index (χ3v) is 9.12. The monoisotopic (exact) mass is 557 g/mol. The van der Waals surface area contributed by atoms with Gasteiger partial charge in [0.15, 0.2) is 5.69 Å². The first-order valence-corrected chi connectivity index (χ1v) is 17.6. The van der Waals surface area contributed by atoms with Crippen molar-refractivity contribution in [2.24, 2.45) is 0 Å². The zero-order valence-corrected chi connectivity index (χ0v) is 25.9. The summed E-state index contributed by atoms with van der Waals surface area (Å²) in [6.45, 7) is 7.71. The lowest BCUT2D eigenvalue weighted by Gasteiger charge is -2.22. The summed E-state index contributed by atoms with van der Waals surface area (Å²) in [6, 6.07) is 0. The number of phosphoric ester groups is 1. The molecule has 0 N–H and O–H groups in total. The SMILES string of the molecule is CCCCCCCC/C=C\CCCCCCCCCCCCOP(=O)([O-])OCCc1sc[n+](CC)c1C. The average molecular weight is 558 g/mol. The Balaban J connectivity index is 1.84. The fraction of sp³-hybridized carbons (Fsp3) is 0.833. The van der Waals surface area contributed by atoms with E-state index < -0.39 is 7.82 Å². The molecular weight excluding hydrogens is 501 g/mol. The quantitative estimate of drug-likeness (QED) is 0.0493. The van der Waals surface area contributed by atoms with E-state index >= 15 is 0 Å². The zero-order chi connectivity index (χ0) is 27.0. The number of thiazole rings is 1. The molecule has 216 valence electrons. The number of rotatable bonds is 26. The van der Waals surface area contributed by atoms with Gasteiger partial charge in [0.05, 0.1) is 18.1 Å². The lowest BCUT2D eigenvalue weighted by Crippen LogP contribution is -2.32. The van der Waals surface area contributed by atoms with E-state index in [-0.39, 0.29) is 13.2 Å². The Bertz CT molecular complexity index is 737. The Morgan fingerprint density at radius 2 is 1.27 bits per heavy atom. The molecule has 0 saturated heterocycles. The van der Waals surface area contributed by atoms with E-state index in [2.05, 4.69) is 43.0 Å². The highest BCUT2D eigenvalue weighted by Gasteiger charge is 2.15. The van der Waals surface area contributed by atoms with Gasteiger partial charge in [-0.25, -0.2) is 0 Å². The van der Waals surface area contributed by atoms with Gasteiger partial charge in [-0.1, -0.05) is 114 Å². The van der Waals surface area contributed by atoms with E-state index in [1.807, 2.05) is 0 Å². The molecule has 1 unspecified atom stereocenters. The second-order valence-electron chi connectivity index (χ2n) is 10.2. The van der Waals surface area contributed by atoms with Crippen LogP contribution in [0.25, 0.3) is 0 Å². The Hall–Kier alpha value is -0.520. The second kappa shape index (κ2) is 23.4. The summed E-state index contributed by atoms with van der Waals surface area (Å²) in [5, 5.41) is 0. The van der Waals surface area contributed by atoms with E-state index in [1.54, 1.807) is 11.3 Å². The minimum atomic E-state index is -4.20. The minimum absolute atomic E-state index is 0.141. The van der Waals surface area contributed by atoms with Crippen LogP contribution < -0.4 is 9.46 Å². The lowest BCUT2D eigenvalue weighted by atomic mass is 10.1. The van der Waals surface area contributed by atoms with Crippen molar-refractivity contribution in [2.45, 2.75) is 149 Å². The van der Waals surface area contributed by atoms with Gasteiger partial charge in [-0.05, 0) is 39.0 Å². The van der Waals surface area contributed by atoms with Crippen molar-refractivity contribution in [1.29, 1.82) is 0 Å². The molecule has 37 heavy (non-hydrogen) atoms. The number of allylic oxidation sites excluding steroid dienone is 2. The van der Waals surface area contributed by atoms with Crippen LogP contribution in [-0.4, -0.2) is 13.2 Å². The van der Waals surface area contributed by atoms with Gasteiger partial charge >= 0.3 is 0 Å². The van der Waals surface area contributed by atoms with Crippen LogP contribution in [0.4, 0.5) is 0 Å². The Kier molecular flexibility index (Phi) is 21.8. The molecule has 0 bridgehead atoms. The van der Waals surface area contributed by atoms with Crippen LogP contribution in [0.3, 0.4) is 0 Å². The Labute approximate surface area is 232 Å². The number of phosphoric acid groups is 1. The number of unbranched alkanes of at least 4 members (excludes halogenated alkanes) is 16. The maximum absolute atomic E-state index is 11.9. The fourth-order valence-electron chi connectivity index (χ4n) is 4.52. The predicted octanol–water partition coefficient (Wildman–Crippen LogP) is 9.01. The van der Waals surface area contributed by atoms with Crippen LogP contribution in [0.1, 0.15) is 140 Å². The topological polar surface area (TPSA) is 62.5 Å². The molecule has 0 spiro atoms. The molecule has 0 aliphatic carbocycles. The van der Waals surface area contributed by atoms with Crippen molar-refractivity contribution >= 4 is 19.2 Å². The van der Waals surface area contributed by atoms with E-state index in [1.165, 1.54) is 102 Å². The van der Waals surface area contributed by atoms with E-state index in [4.69, 9.17) is 9.05 Å². The number of nitrogens with zero attached hydrogens (tertiary/aromatic N) is 1. The van der Waals surface area contributed by atoms with Crippen molar-refractivity contribution in [2.75, 3.05) is 13.2 Å². The largest absolute Gasteiger partial charge is 0.756 e. The Morgan fingerprint density at radius 3 is 1.78 bits per heavy atom. The van der Waals surface area contributed by atoms with Crippen LogP contribution in [0.2, 0.25) is 0 Å². The predicted molar refractivity (Wildman–Crippen MR) is 156 cm³/mol. The third-order valence-electron chi connectivity index (χ3n) is 6.98. The molecule has 5 nitrogen and oxygen atoms in total. The highest BCUT2D eigenvalue weighted by Crippen LogP contribution is 2.38. The molecule has 0 amide bonds. The molecule has 1 aromatic rings. The Morgan fingerprint density at radius 1 is 0.784 bits per heavy atom. The van der Waals surface area contributed by atoms with Crippen LogP contribution in [0, 0.1) is 6.92 Å². The van der Waals surface area contributed by atoms with Crippen molar-refractivity contribution in [3.8, 4) is 0 Å². The molecule has 0 aliphatic rings. The normalized spacial score (nSPS) is 13.5. The summed E-state index contributed by atoms with van der Waals surface area (Å²) >= 11 is 1.64. The summed E-state index contributed by atoms with van der Waals surface area (Å²) in [5.41, 5.74) is 3.25. The van der Waals surface area contributed by atoms with Crippen molar-refractivity contribution in [3.63, 3.8) is 0 Å². The molecule has 0 saturated carbocycles. The van der Waals surface area contributed by atoms with Crippen LogP contribution in [-0.2, 0) is 26.6 Å². The number of aromatic nitrogens is 1. The number of hydrogen-bond donors (Lipinski definition) is 0. The first-order valence-electron chi connectivity index (χ1n) is 15.2.